The summed E-state index contributed by atoms with van der Waals surface area (Å²) in [6.07, 6.45) is 1.79. The molecule has 106 valence electrons. The molecule has 0 saturated carbocycles. The minimum absolute atomic E-state index is 0.746. The molecule has 1 aromatic carbocycles. The van der Waals surface area contributed by atoms with Gasteiger partial charge in [-0.25, -0.2) is 4.68 Å². The van der Waals surface area contributed by atoms with E-state index < -0.39 is 0 Å². The van der Waals surface area contributed by atoms with Crippen molar-refractivity contribution >= 4 is 33.5 Å². The molecule has 0 N–H and O–H groups in total. The molecule has 0 fully saturated rings. The maximum Gasteiger partial charge on any atom is 0.205 e. The number of rotatable bonds is 4. The van der Waals surface area contributed by atoms with Crippen LogP contribution in [0.25, 0.3) is 0 Å². The van der Waals surface area contributed by atoms with Crippen LogP contribution < -0.4 is 9.54 Å². The van der Waals surface area contributed by atoms with Gasteiger partial charge in [-0.3, -0.25) is 4.99 Å². The SMILES string of the molecule is CCN=c1scc(C)n1/N=C/c1cc(Br)ccc1OC. The Bertz CT molecular complexity index is 688. The van der Waals surface area contributed by atoms with Gasteiger partial charge in [-0.2, -0.15) is 5.10 Å². The lowest BCUT2D eigenvalue weighted by atomic mass is 10.2. The average Bonchev–Trinajstić information content (AvgIpc) is 2.78. The standard InChI is InChI=1S/C14H16BrN3OS/c1-4-16-14-18(10(2)9-20-14)17-8-11-7-12(15)5-6-13(11)19-3/h5-9H,4H2,1-3H3/b16-14?,17-8+. The van der Waals surface area contributed by atoms with Crippen LogP contribution in [-0.2, 0) is 0 Å². The highest BCUT2D eigenvalue weighted by atomic mass is 79.9. The summed E-state index contributed by atoms with van der Waals surface area (Å²) in [5, 5.41) is 6.56. The van der Waals surface area contributed by atoms with Crippen LogP contribution in [0, 0.1) is 6.92 Å². The summed E-state index contributed by atoms with van der Waals surface area (Å²) in [4.78, 5) is 5.33. The smallest absolute Gasteiger partial charge is 0.205 e. The van der Waals surface area contributed by atoms with Crippen LogP contribution in [-0.4, -0.2) is 24.5 Å². The fraction of sp³-hybridized carbons (Fsp3) is 0.286. The number of nitrogens with zero attached hydrogens (tertiary/aromatic N) is 3. The number of benzene rings is 1. The molecule has 0 aliphatic rings. The van der Waals surface area contributed by atoms with E-state index in [9.17, 15) is 0 Å². The predicted molar refractivity (Wildman–Crippen MR) is 86.8 cm³/mol. The van der Waals surface area contributed by atoms with Gasteiger partial charge in [0.25, 0.3) is 0 Å². The summed E-state index contributed by atoms with van der Waals surface area (Å²) < 4.78 is 8.17. The van der Waals surface area contributed by atoms with E-state index in [0.29, 0.717) is 0 Å². The van der Waals surface area contributed by atoms with Gasteiger partial charge in [0, 0.05) is 22.0 Å². The topological polar surface area (TPSA) is 38.9 Å². The van der Waals surface area contributed by atoms with Gasteiger partial charge in [0.15, 0.2) is 0 Å². The fourth-order valence-corrected chi connectivity index (χ4v) is 2.94. The molecular weight excluding hydrogens is 338 g/mol. The lowest BCUT2D eigenvalue weighted by Gasteiger charge is -2.04. The molecule has 0 saturated heterocycles. The van der Waals surface area contributed by atoms with E-state index in [-0.39, 0.29) is 0 Å². The van der Waals surface area contributed by atoms with Gasteiger partial charge in [0.2, 0.25) is 4.80 Å². The first-order chi connectivity index (χ1) is 9.65. The number of hydrogen-bond acceptors (Lipinski definition) is 4. The third kappa shape index (κ3) is 3.37. The van der Waals surface area contributed by atoms with Crippen molar-refractivity contribution in [2.24, 2.45) is 10.1 Å². The Hall–Kier alpha value is -1.40. The van der Waals surface area contributed by atoms with Crippen molar-refractivity contribution in [2.45, 2.75) is 13.8 Å². The molecule has 1 aromatic heterocycles. The van der Waals surface area contributed by atoms with Crippen LogP contribution in [0.4, 0.5) is 0 Å². The first kappa shape index (κ1) is 15.0. The van der Waals surface area contributed by atoms with Gasteiger partial charge in [-0.15, -0.1) is 11.3 Å². The predicted octanol–water partition coefficient (Wildman–Crippen LogP) is 3.43. The third-order valence-corrected chi connectivity index (χ3v) is 4.11. The Morgan fingerprint density at radius 3 is 2.95 bits per heavy atom. The molecule has 0 radical (unpaired) electrons. The minimum atomic E-state index is 0.746. The van der Waals surface area contributed by atoms with Crippen LogP contribution in [0.1, 0.15) is 18.2 Å². The van der Waals surface area contributed by atoms with E-state index in [1.165, 1.54) is 0 Å². The zero-order valence-electron chi connectivity index (χ0n) is 11.6. The molecule has 0 aliphatic carbocycles. The van der Waals surface area contributed by atoms with E-state index in [2.05, 4.69) is 26.0 Å². The number of hydrogen-bond donors (Lipinski definition) is 0. The maximum atomic E-state index is 5.34. The summed E-state index contributed by atoms with van der Waals surface area (Å²) in [6, 6.07) is 5.83. The summed E-state index contributed by atoms with van der Waals surface area (Å²) in [5.41, 5.74) is 1.98. The van der Waals surface area contributed by atoms with Gasteiger partial charge in [-0.05, 0) is 32.0 Å². The zero-order chi connectivity index (χ0) is 14.5. The monoisotopic (exact) mass is 353 g/mol. The second-order valence-electron chi connectivity index (χ2n) is 4.08. The van der Waals surface area contributed by atoms with Crippen LogP contribution in [0.2, 0.25) is 0 Å². The number of halogens is 1. The Kier molecular flexibility index (Phi) is 5.14. The van der Waals surface area contributed by atoms with Crippen molar-refractivity contribution in [1.82, 2.24) is 4.68 Å². The van der Waals surface area contributed by atoms with Crippen molar-refractivity contribution < 1.29 is 4.74 Å². The van der Waals surface area contributed by atoms with Crippen LogP contribution >= 0.6 is 27.3 Å². The number of aryl methyl sites for hydroxylation is 1. The molecule has 1 heterocycles. The third-order valence-electron chi connectivity index (χ3n) is 2.65. The van der Waals surface area contributed by atoms with E-state index >= 15 is 0 Å². The number of ether oxygens (including phenoxy) is 1. The zero-order valence-corrected chi connectivity index (χ0v) is 14.0. The molecule has 0 spiro atoms. The Morgan fingerprint density at radius 2 is 2.25 bits per heavy atom. The van der Waals surface area contributed by atoms with Crippen molar-refractivity contribution in [3.05, 3.63) is 44.1 Å². The molecule has 6 heteroatoms. The lowest BCUT2D eigenvalue weighted by molar-refractivity contribution is 0.414. The minimum Gasteiger partial charge on any atom is -0.496 e. The van der Waals surface area contributed by atoms with E-state index in [4.69, 9.17) is 4.74 Å². The highest BCUT2D eigenvalue weighted by Crippen LogP contribution is 2.21. The second-order valence-corrected chi connectivity index (χ2v) is 5.83. The number of methoxy groups -OCH3 is 1. The molecule has 0 unspecified atom stereocenters. The molecule has 0 aliphatic heterocycles. The molecule has 2 rings (SSSR count). The fourth-order valence-electron chi connectivity index (χ4n) is 1.69. The van der Waals surface area contributed by atoms with E-state index in [1.807, 2.05) is 42.1 Å². The molecule has 4 nitrogen and oxygen atoms in total. The van der Waals surface area contributed by atoms with Gasteiger partial charge in [-0.1, -0.05) is 15.9 Å². The summed E-state index contributed by atoms with van der Waals surface area (Å²) in [7, 11) is 1.65. The summed E-state index contributed by atoms with van der Waals surface area (Å²) in [6.45, 7) is 4.77. The van der Waals surface area contributed by atoms with E-state index in [0.717, 1.165) is 32.8 Å². The Labute approximate surface area is 130 Å². The molecule has 0 atom stereocenters. The Balaban J connectivity index is 2.42. The highest BCUT2D eigenvalue weighted by Gasteiger charge is 2.02. The first-order valence-electron chi connectivity index (χ1n) is 6.21. The van der Waals surface area contributed by atoms with Crippen LogP contribution in [0.5, 0.6) is 5.75 Å². The number of aromatic nitrogens is 1. The highest BCUT2D eigenvalue weighted by molar-refractivity contribution is 9.10. The van der Waals surface area contributed by atoms with Gasteiger partial charge >= 0.3 is 0 Å². The lowest BCUT2D eigenvalue weighted by Crippen LogP contribution is -2.12. The van der Waals surface area contributed by atoms with Crippen LogP contribution in [0.15, 0.2) is 38.1 Å². The molecule has 0 bridgehead atoms. The van der Waals surface area contributed by atoms with Crippen molar-refractivity contribution in [3.63, 3.8) is 0 Å². The van der Waals surface area contributed by atoms with Gasteiger partial charge < -0.3 is 4.74 Å². The van der Waals surface area contributed by atoms with Gasteiger partial charge in [0.05, 0.1) is 19.0 Å². The van der Waals surface area contributed by atoms with Crippen molar-refractivity contribution in [3.8, 4) is 5.75 Å². The quantitative estimate of drug-likeness (QED) is 0.776. The first-order valence-corrected chi connectivity index (χ1v) is 7.88. The largest absolute Gasteiger partial charge is 0.496 e. The molecule has 20 heavy (non-hydrogen) atoms. The average molecular weight is 354 g/mol. The summed E-state index contributed by atoms with van der Waals surface area (Å²) in [5.74, 6) is 0.791. The molecule has 2 aromatic rings. The second kappa shape index (κ2) is 6.85. The summed E-state index contributed by atoms with van der Waals surface area (Å²) >= 11 is 5.05. The number of thiazole rings is 1. The molecular formula is C14H16BrN3OS. The van der Waals surface area contributed by atoms with Crippen LogP contribution in [0.3, 0.4) is 0 Å². The maximum absolute atomic E-state index is 5.34. The van der Waals surface area contributed by atoms with Crippen molar-refractivity contribution in [2.75, 3.05) is 13.7 Å². The Morgan fingerprint density at radius 1 is 1.45 bits per heavy atom. The molecule has 0 amide bonds. The van der Waals surface area contributed by atoms with E-state index in [1.54, 1.807) is 24.7 Å². The normalized spacial score (nSPS) is 12.3. The van der Waals surface area contributed by atoms with Crippen molar-refractivity contribution in [1.29, 1.82) is 0 Å². The van der Waals surface area contributed by atoms with Gasteiger partial charge in [0.1, 0.15) is 5.75 Å².